The second kappa shape index (κ2) is 14.3. The molecule has 0 heterocycles. The molecule has 0 saturated carbocycles. The lowest BCUT2D eigenvalue weighted by molar-refractivity contribution is -0.167. The second-order valence-corrected chi connectivity index (χ2v) is 7.11. The van der Waals surface area contributed by atoms with Crippen LogP contribution in [0.1, 0.15) is 70.8 Å². The molecule has 7 heteroatoms. The number of aliphatic hydroxyl groups excluding tert-OH is 1. The lowest BCUT2D eigenvalue weighted by atomic mass is 10.1. The fourth-order valence-electron chi connectivity index (χ4n) is 2.75. The van der Waals surface area contributed by atoms with E-state index in [-0.39, 0.29) is 11.9 Å². The smallest absolute Gasteiger partial charge is 0.343 e. The predicted molar refractivity (Wildman–Crippen MR) is 112 cm³/mol. The van der Waals surface area contributed by atoms with Crippen molar-refractivity contribution in [2.24, 2.45) is 0 Å². The van der Waals surface area contributed by atoms with E-state index in [4.69, 9.17) is 4.74 Å². The first kappa shape index (κ1) is 25.4. The number of carbonyl (C=O) groups is 3. The van der Waals surface area contributed by atoms with Crippen molar-refractivity contribution < 1.29 is 34.1 Å². The summed E-state index contributed by atoms with van der Waals surface area (Å²) in [5.74, 6) is -2.80. The minimum absolute atomic E-state index is 0.0849. The number of aliphatic hydroxyl groups is 1. The van der Waals surface area contributed by atoms with Crippen molar-refractivity contribution in [3.63, 3.8) is 0 Å². The van der Waals surface area contributed by atoms with Crippen LogP contribution in [-0.4, -0.2) is 40.3 Å². The first-order chi connectivity index (χ1) is 14.3. The molecule has 0 aliphatic carbocycles. The fourth-order valence-corrected chi connectivity index (χ4v) is 2.75. The third-order valence-electron chi connectivity index (χ3n) is 4.52. The van der Waals surface area contributed by atoms with Gasteiger partial charge in [-0.15, -0.1) is 0 Å². The number of phenols is 1. The van der Waals surface area contributed by atoms with E-state index in [9.17, 15) is 24.6 Å². The second-order valence-electron chi connectivity index (χ2n) is 7.11. The van der Waals surface area contributed by atoms with E-state index in [1.807, 2.05) is 6.92 Å². The Balaban J connectivity index is 2.37. The third-order valence-corrected chi connectivity index (χ3v) is 4.52. The summed E-state index contributed by atoms with van der Waals surface area (Å²) in [6, 6.07) is 6.03. The summed E-state index contributed by atoms with van der Waals surface area (Å²) in [5.41, 5.74) is 0.613. The third kappa shape index (κ3) is 10.8. The van der Waals surface area contributed by atoms with Gasteiger partial charge in [-0.05, 0) is 43.0 Å². The number of carbonyl (C=O) groups excluding carboxylic acids is 3. The van der Waals surface area contributed by atoms with E-state index in [2.05, 4.69) is 11.7 Å². The predicted octanol–water partition coefficient (Wildman–Crippen LogP) is 3.91. The number of hydrogen-bond acceptors (Lipinski definition) is 7. The van der Waals surface area contributed by atoms with Gasteiger partial charge in [0, 0.05) is 6.08 Å². The van der Waals surface area contributed by atoms with Crippen molar-refractivity contribution >= 4 is 24.0 Å². The van der Waals surface area contributed by atoms with Crippen molar-refractivity contribution in [1.29, 1.82) is 0 Å². The molecule has 30 heavy (non-hydrogen) atoms. The number of phenolic OH excluding ortho intramolecular Hbond substituents is 1. The van der Waals surface area contributed by atoms with Crippen LogP contribution in [0.15, 0.2) is 30.3 Å². The maximum atomic E-state index is 12.0. The summed E-state index contributed by atoms with van der Waals surface area (Å²) in [6.07, 6.45) is 6.75. The topological polar surface area (TPSA) is 110 Å². The highest BCUT2D eigenvalue weighted by atomic mass is 16.6. The van der Waals surface area contributed by atoms with Crippen molar-refractivity contribution in [3.05, 3.63) is 35.9 Å². The van der Waals surface area contributed by atoms with Crippen molar-refractivity contribution in [1.82, 2.24) is 0 Å². The first-order valence-corrected chi connectivity index (χ1v) is 10.5. The molecule has 0 fully saturated rings. The van der Waals surface area contributed by atoms with E-state index in [1.165, 1.54) is 24.6 Å². The van der Waals surface area contributed by atoms with Crippen LogP contribution in [0.4, 0.5) is 0 Å². The molecule has 7 nitrogen and oxygen atoms in total. The van der Waals surface area contributed by atoms with E-state index in [0.717, 1.165) is 38.2 Å². The largest absolute Gasteiger partial charge is 0.508 e. The first-order valence-electron chi connectivity index (χ1n) is 10.5. The van der Waals surface area contributed by atoms with Crippen LogP contribution in [0.5, 0.6) is 5.75 Å². The molecule has 1 rings (SSSR count). The number of benzene rings is 1. The highest BCUT2D eigenvalue weighted by molar-refractivity contribution is 5.96. The molecule has 0 aliphatic rings. The Bertz CT molecular complexity index is 694. The monoisotopic (exact) mass is 420 g/mol. The number of aromatic hydroxyl groups is 1. The molecule has 2 N–H and O–H groups in total. The van der Waals surface area contributed by atoms with Gasteiger partial charge in [0.15, 0.2) is 6.10 Å². The molecule has 0 radical (unpaired) electrons. The minimum Gasteiger partial charge on any atom is -0.508 e. The summed E-state index contributed by atoms with van der Waals surface area (Å²) in [4.78, 5) is 35.5. The van der Waals surface area contributed by atoms with E-state index in [0.29, 0.717) is 12.0 Å². The highest BCUT2D eigenvalue weighted by Gasteiger charge is 2.24. The highest BCUT2D eigenvalue weighted by Crippen LogP contribution is 2.14. The van der Waals surface area contributed by atoms with Crippen molar-refractivity contribution in [2.45, 2.75) is 77.4 Å². The number of rotatable bonds is 13. The molecule has 0 aromatic heterocycles. The Morgan fingerprint density at radius 3 is 2.33 bits per heavy atom. The Labute approximate surface area is 177 Å². The van der Waals surface area contributed by atoms with E-state index >= 15 is 0 Å². The number of esters is 3. The molecule has 0 spiro atoms. The normalized spacial score (nSPS) is 13.0. The Morgan fingerprint density at radius 1 is 1.03 bits per heavy atom. The quantitative estimate of drug-likeness (QED) is 0.215. The Kier molecular flexibility index (Phi) is 12.1. The summed E-state index contributed by atoms with van der Waals surface area (Å²) >= 11 is 0. The van der Waals surface area contributed by atoms with Crippen LogP contribution in [0.3, 0.4) is 0 Å². The Hall–Kier alpha value is -2.67. The molecule has 2 atom stereocenters. The van der Waals surface area contributed by atoms with Gasteiger partial charge < -0.3 is 19.7 Å². The molecular formula is C23H32O7. The van der Waals surface area contributed by atoms with Gasteiger partial charge >= 0.3 is 17.9 Å². The van der Waals surface area contributed by atoms with Crippen LogP contribution < -0.4 is 0 Å². The maximum absolute atomic E-state index is 12.0. The lowest BCUT2D eigenvalue weighted by Gasteiger charge is -2.17. The molecule has 0 saturated heterocycles. The summed E-state index contributed by atoms with van der Waals surface area (Å²) in [6.45, 7) is 4.06. The molecule has 1 aromatic carbocycles. The maximum Gasteiger partial charge on any atom is 0.343 e. The average molecular weight is 421 g/mol. The zero-order valence-electron chi connectivity index (χ0n) is 17.7. The van der Waals surface area contributed by atoms with Crippen LogP contribution in [0.2, 0.25) is 0 Å². The van der Waals surface area contributed by atoms with Gasteiger partial charge in [0.2, 0.25) is 0 Å². The number of unbranched alkanes of at least 4 members (excludes halogenated alkanes) is 4. The van der Waals surface area contributed by atoms with Gasteiger partial charge in [-0.2, -0.15) is 0 Å². The van der Waals surface area contributed by atoms with Crippen LogP contribution >= 0.6 is 0 Å². The van der Waals surface area contributed by atoms with Crippen LogP contribution in [0.25, 0.3) is 6.08 Å². The van der Waals surface area contributed by atoms with E-state index < -0.39 is 30.4 Å². The van der Waals surface area contributed by atoms with Crippen molar-refractivity contribution in [3.8, 4) is 5.75 Å². The van der Waals surface area contributed by atoms with Gasteiger partial charge in [0.25, 0.3) is 0 Å². The zero-order chi connectivity index (χ0) is 22.4. The number of ether oxygens (including phenoxy) is 2. The van der Waals surface area contributed by atoms with Gasteiger partial charge in [-0.25, -0.2) is 9.59 Å². The summed E-state index contributed by atoms with van der Waals surface area (Å²) in [7, 11) is 0. The van der Waals surface area contributed by atoms with Crippen LogP contribution in [-0.2, 0) is 23.9 Å². The molecule has 0 bridgehead atoms. The lowest BCUT2D eigenvalue weighted by Crippen LogP contribution is -2.29. The molecule has 0 amide bonds. The minimum atomic E-state index is -1.77. The fraction of sp³-hybridized carbons (Fsp3) is 0.522. The van der Waals surface area contributed by atoms with Crippen molar-refractivity contribution in [2.75, 3.05) is 0 Å². The average Bonchev–Trinajstić information content (AvgIpc) is 2.72. The summed E-state index contributed by atoms with van der Waals surface area (Å²) < 4.78 is 9.84. The standard InChI is InChI=1S/C23H32O7/c1-3-5-6-7-8-9-19(4-2)29-22(27)16-20(25)23(28)30-21(26)15-12-17-10-13-18(24)14-11-17/h10-15,19-20,24-25H,3-9,16H2,1-2H3/b15-12+. The number of hydrogen-bond donors (Lipinski definition) is 2. The Morgan fingerprint density at radius 2 is 1.70 bits per heavy atom. The summed E-state index contributed by atoms with van der Waals surface area (Å²) in [5, 5.41) is 19.0. The SMILES string of the molecule is CCCCCCCC(CC)OC(=O)CC(O)C(=O)OC(=O)/C=C/c1ccc(O)cc1. The van der Waals surface area contributed by atoms with E-state index in [1.54, 1.807) is 12.1 Å². The van der Waals surface area contributed by atoms with Crippen LogP contribution in [0, 0.1) is 0 Å². The molecule has 2 unspecified atom stereocenters. The van der Waals surface area contributed by atoms with Gasteiger partial charge in [-0.3, -0.25) is 4.79 Å². The van der Waals surface area contributed by atoms with Gasteiger partial charge in [-0.1, -0.05) is 51.7 Å². The molecule has 1 aromatic rings. The zero-order valence-corrected chi connectivity index (χ0v) is 17.7. The molecular weight excluding hydrogens is 388 g/mol. The van der Waals surface area contributed by atoms with Gasteiger partial charge in [0.1, 0.15) is 11.9 Å². The molecule has 0 aliphatic heterocycles. The van der Waals surface area contributed by atoms with Gasteiger partial charge in [0.05, 0.1) is 6.42 Å². The molecule has 166 valence electrons.